The summed E-state index contributed by atoms with van der Waals surface area (Å²) in [6.45, 7) is 6.88. The Morgan fingerprint density at radius 2 is 2.00 bits per heavy atom. The van der Waals surface area contributed by atoms with Crippen LogP contribution < -0.4 is 4.90 Å². The minimum absolute atomic E-state index is 0.614. The van der Waals surface area contributed by atoms with Gasteiger partial charge in [-0.15, -0.1) is 11.6 Å². The molecule has 0 N–H and O–H groups in total. The molecule has 2 rings (SSSR count). The van der Waals surface area contributed by atoms with Crippen LogP contribution >= 0.6 is 11.6 Å². The van der Waals surface area contributed by atoms with Gasteiger partial charge >= 0.3 is 0 Å². The van der Waals surface area contributed by atoms with Crippen LogP contribution in [0.1, 0.15) is 30.9 Å². The molecule has 0 spiro atoms. The van der Waals surface area contributed by atoms with Gasteiger partial charge in [-0.1, -0.05) is 13.0 Å². The predicted molar refractivity (Wildman–Crippen MR) is 71.3 cm³/mol. The number of halogens is 1. The fourth-order valence-electron chi connectivity index (χ4n) is 2.29. The van der Waals surface area contributed by atoms with Crippen molar-refractivity contribution in [2.45, 2.75) is 32.6 Å². The number of hydrogen-bond donors (Lipinski definition) is 0. The molecule has 0 saturated carbocycles. The molecule has 0 amide bonds. The Morgan fingerprint density at radius 1 is 1.31 bits per heavy atom. The van der Waals surface area contributed by atoms with Crippen molar-refractivity contribution in [1.29, 1.82) is 0 Å². The van der Waals surface area contributed by atoms with E-state index in [9.17, 15) is 0 Å². The average molecular weight is 238 g/mol. The van der Waals surface area contributed by atoms with Crippen LogP contribution in [-0.4, -0.2) is 13.1 Å². The van der Waals surface area contributed by atoms with Crippen LogP contribution in [0.2, 0.25) is 0 Å². The van der Waals surface area contributed by atoms with Crippen LogP contribution in [0, 0.1) is 12.8 Å². The van der Waals surface area contributed by atoms with Crippen LogP contribution in [0.15, 0.2) is 18.2 Å². The summed E-state index contributed by atoms with van der Waals surface area (Å²) in [5.74, 6) is 1.50. The standard InChI is InChI=1S/C14H20ClN/c1-11-5-7-16(8-6-11)14-4-3-13(10-15)12(2)9-14/h3-4,9,11H,5-8,10H2,1-2H3. The maximum Gasteiger partial charge on any atom is 0.0476 e. The number of anilines is 1. The summed E-state index contributed by atoms with van der Waals surface area (Å²) in [6, 6.07) is 6.64. The Kier molecular flexibility index (Phi) is 3.75. The second kappa shape index (κ2) is 5.09. The molecule has 0 aromatic heterocycles. The molecule has 1 fully saturated rings. The Bertz CT molecular complexity index is 354. The van der Waals surface area contributed by atoms with Crippen molar-refractivity contribution in [1.82, 2.24) is 0 Å². The first-order valence-corrected chi connectivity index (χ1v) is 6.64. The van der Waals surface area contributed by atoms with E-state index in [-0.39, 0.29) is 0 Å². The first kappa shape index (κ1) is 11.8. The van der Waals surface area contributed by atoms with Crippen molar-refractivity contribution in [3.63, 3.8) is 0 Å². The van der Waals surface area contributed by atoms with E-state index in [4.69, 9.17) is 11.6 Å². The summed E-state index contributed by atoms with van der Waals surface area (Å²) in [5, 5.41) is 0. The summed E-state index contributed by atoms with van der Waals surface area (Å²) >= 11 is 5.88. The summed E-state index contributed by atoms with van der Waals surface area (Å²) in [5.41, 5.74) is 3.92. The van der Waals surface area contributed by atoms with E-state index in [0.29, 0.717) is 5.88 Å². The second-order valence-corrected chi connectivity index (χ2v) is 5.18. The first-order chi connectivity index (χ1) is 7.70. The average Bonchev–Trinajstić information content (AvgIpc) is 2.30. The Balaban J connectivity index is 2.12. The smallest absolute Gasteiger partial charge is 0.0476 e. The van der Waals surface area contributed by atoms with Gasteiger partial charge in [-0.05, 0) is 48.9 Å². The molecule has 0 bridgehead atoms. The van der Waals surface area contributed by atoms with Crippen molar-refractivity contribution < 1.29 is 0 Å². The molecular weight excluding hydrogens is 218 g/mol. The summed E-state index contributed by atoms with van der Waals surface area (Å²) < 4.78 is 0. The molecule has 2 heteroatoms. The molecule has 1 nitrogen and oxygen atoms in total. The van der Waals surface area contributed by atoms with Gasteiger partial charge in [0.05, 0.1) is 0 Å². The third-order valence-electron chi connectivity index (χ3n) is 3.62. The molecule has 1 heterocycles. The SMILES string of the molecule is Cc1cc(N2CCC(C)CC2)ccc1CCl. The van der Waals surface area contributed by atoms with Gasteiger partial charge < -0.3 is 4.90 Å². The summed E-state index contributed by atoms with van der Waals surface area (Å²) in [4.78, 5) is 2.49. The highest BCUT2D eigenvalue weighted by Gasteiger charge is 2.16. The zero-order chi connectivity index (χ0) is 11.5. The molecule has 1 aromatic rings. The van der Waals surface area contributed by atoms with Crippen molar-refractivity contribution >= 4 is 17.3 Å². The van der Waals surface area contributed by atoms with Crippen molar-refractivity contribution in [3.8, 4) is 0 Å². The van der Waals surface area contributed by atoms with Crippen LogP contribution in [0.25, 0.3) is 0 Å². The molecule has 0 atom stereocenters. The number of rotatable bonds is 2. The van der Waals surface area contributed by atoms with Gasteiger partial charge in [-0.25, -0.2) is 0 Å². The molecule has 1 aromatic carbocycles. The van der Waals surface area contributed by atoms with E-state index in [1.165, 1.54) is 42.7 Å². The predicted octanol–water partition coefficient (Wildman–Crippen LogP) is 3.97. The Hall–Kier alpha value is -0.690. The highest BCUT2D eigenvalue weighted by Crippen LogP contribution is 2.25. The van der Waals surface area contributed by atoms with E-state index in [1.807, 2.05) is 0 Å². The van der Waals surface area contributed by atoms with Gasteiger partial charge in [0.15, 0.2) is 0 Å². The van der Waals surface area contributed by atoms with Crippen LogP contribution in [0.3, 0.4) is 0 Å². The monoisotopic (exact) mass is 237 g/mol. The highest BCUT2D eigenvalue weighted by molar-refractivity contribution is 6.17. The van der Waals surface area contributed by atoms with Gasteiger partial charge in [-0.3, -0.25) is 0 Å². The van der Waals surface area contributed by atoms with Gasteiger partial charge in [0.1, 0.15) is 0 Å². The topological polar surface area (TPSA) is 3.24 Å². The number of hydrogen-bond acceptors (Lipinski definition) is 1. The first-order valence-electron chi connectivity index (χ1n) is 6.11. The molecule has 0 aliphatic carbocycles. The number of alkyl halides is 1. The molecule has 88 valence electrons. The molecule has 1 saturated heterocycles. The summed E-state index contributed by atoms with van der Waals surface area (Å²) in [6.07, 6.45) is 2.63. The van der Waals surface area contributed by atoms with Crippen LogP contribution in [0.5, 0.6) is 0 Å². The fraction of sp³-hybridized carbons (Fsp3) is 0.571. The zero-order valence-corrected chi connectivity index (χ0v) is 10.9. The zero-order valence-electron chi connectivity index (χ0n) is 10.2. The Labute approximate surface area is 103 Å². The minimum atomic E-state index is 0.614. The van der Waals surface area contributed by atoms with Crippen molar-refractivity contribution in [2.75, 3.05) is 18.0 Å². The molecule has 16 heavy (non-hydrogen) atoms. The maximum absolute atomic E-state index is 5.88. The lowest BCUT2D eigenvalue weighted by Gasteiger charge is -2.32. The van der Waals surface area contributed by atoms with E-state index >= 15 is 0 Å². The number of nitrogens with zero attached hydrogens (tertiary/aromatic N) is 1. The number of aryl methyl sites for hydroxylation is 1. The van der Waals surface area contributed by atoms with E-state index in [0.717, 1.165) is 5.92 Å². The highest BCUT2D eigenvalue weighted by atomic mass is 35.5. The normalized spacial score (nSPS) is 17.8. The van der Waals surface area contributed by atoms with Crippen LogP contribution in [0.4, 0.5) is 5.69 Å². The summed E-state index contributed by atoms with van der Waals surface area (Å²) in [7, 11) is 0. The molecular formula is C14H20ClN. The molecule has 0 unspecified atom stereocenters. The fourth-order valence-corrected chi connectivity index (χ4v) is 2.59. The van der Waals surface area contributed by atoms with Gasteiger partial charge in [0.25, 0.3) is 0 Å². The van der Waals surface area contributed by atoms with Crippen molar-refractivity contribution in [2.24, 2.45) is 5.92 Å². The lowest BCUT2D eigenvalue weighted by atomic mass is 9.98. The lowest BCUT2D eigenvalue weighted by molar-refractivity contribution is 0.438. The second-order valence-electron chi connectivity index (χ2n) is 4.91. The number of benzene rings is 1. The quantitative estimate of drug-likeness (QED) is 0.704. The van der Waals surface area contributed by atoms with Gasteiger partial charge in [0.2, 0.25) is 0 Å². The molecule has 1 aliphatic rings. The third-order valence-corrected chi connectivity index (χ3v) is 3.91. The third kappa shape index (κ3) is 2.52. The van der Waals surface area contributed by atoms with Gasteiger partial charge in [-0.2, -0.15) is 0 Å². The molecule has 1 aliphatic heterocycles. The lowest BCUT2D eigenvalue weighted by Crippen LogP contribution is -2.32. The maximum atomic E-state index is 5.88. The molecule has 0 radical (unpaired) electrons. The van der Waals surface area contributed by atoms with Crippen LogP contribution in [-0.2, 0) is 5.88 Å². The van der Waals surface area contributed by atoms with E-state index < -0.39 is 0 Å². The minimum Gasteiger partial charge on any atom is -0.372 e. The Morgan fingerprint density at radius 3 is 2.56 bits per heavy atom. The number of piperidine rings is 1. The largest absolute Gasteiger partial charge is 0.372 e. The van der Waals surface area contributed by atoms with E-state index in [1.54, 1.807) is 0 Å². The van der Waals surface area contributed by atoms with E-state index in [2.05, 4.69) is 36.9 Å². The van der Waals surface area contributed by atoms with Gasteiger partial charge in [0, 0.05) is 24.7 Å². The van der Waals surface area contributed by atoms with Crippen molar-refractivity contribution in [3.05, 3.63) is 29.3 Å².